The lowest BCUT2D eigenvalue weighted by atomic mass is 10.0. The molecule has 1 aliphatic heterocycles. The summed E-state index contributed by atoms with van der Waals surface area (Å²) in [6.45, 7) is 5.39. The van der Waals surface area contributed by atoms with Gasteiger partial charge < -0.3 is 5.32 Å². The summed E-state index contributed by atoms with van der Waals surface area (Å²) in [5, 5.41) is 2.85. The molecule has 144 valence electrons. The second-order valence-corrected chi connectivity index (χ2v) is 9.14. The Morgan fingerprint density at radius 1 is 1.11 bits per heavy atom. The van der Waals surface area contributed by atoms with Crippen LogP contribution in [0.1, 0.15) is 41.3 Å². The summed E-state index contributed by atoms with van der Waals surface area (Å²) in [5.74, 6) is 0.273. The van der Waals surface area contributed by atoms with Crippen LogP contribution < -0.4 is 5.32 Å². The standard InChI is InChI=1S/C21H26N2O3S/c1-16-10-12-23(13-11-16)27(25,26)20-14-19(9-8-17(20)2)21(24)22-15-18-6-4-3-5-7-18/h3-9,14,16H,10-13,15H2,1-2H3,(H,22,24). The van der Waals surface area contributed by atoms with Crippen molar-refractivity contribution in [3.05, 3.63) is 65.2 Å². The van der Waals surface area contributed by atoms with Gasteiger partial charge in [0.2, 0.25) is 10.0 Å². The van der Waals surface area contributed by atoms with Crippen LogP contribution in [0.5, 0.6) is 0 Å². The summed E-state index contributed by atoms with van der Waals surface area (Å²) < 4.78 is 27.7. The maximum atomic E-state index is 13.1. The van der Waals surface area contributed by atoms with Crippen molar-refractivity contribution in [2.45, 2.75) is 38.1 Å². The minimum absolute atomic E-state index is 0.226. The molecule has 0 aliphatic carbocycles. The molecule has 1 N–H and O–H groups in total. The number of piperidine rings is 1. The highest BCUT2D eigenvalue weighted by atomic mass is 32.2. The Morgan fingerprint density at radius 3 is 2.44 bits per heavy atom. The number of rotatable bonds is 5. The molecule has 1 aliphatic rings. The normalized spacial score (nSPS) is 16.2. The number of carbonyl (C=O) groups excluding carboxylic acids is 1. The quantitative estimate of drug-likeness (QED) is 0.857. The molecule has 5 nitrogen and oxygen atoms in total. The van der Waals surface area contributed by atoms with Crippen LogP contribution >= 0.6 is 0 Å². The SMILES string of the molecule is Cc1ccc(C(=O)NCc2ccccc2)cc1S(=O)(=O)N1CCC(C)CC1. The van der Waals surface area contributed by atoms with Gasteiger partial charge in [0.05, 0.1) is 4.90 Å². The van der Waals surface area contributed by atoms with Crippen molar-refractivity contribution in [3.8, 4) is 0 Å². The first-order chi connectivity index (χ1) is 12.9. The largest absolute Gasteiger partial charge is 0.348 e. The summed E-state index contributed by atoms with van der Waals surface area (Å²) >= 11 is 0. The van der Waals surface area contributed by atoms with Crippen molar-refractivity contribution in [3.63, 3.8) is 0 Å². The van der Waals surface area contributed by atoms with Crippen molar-refractivity contribution in [2.75, 3.05) is 13.1 Å². The molecule has 0 atom stereocenters. The van der Waals surface area contributed by atoms with Gasteiger partial charge in [0.1, 0.15) is 0 Å². The Bertz CT molecular complexity index is 902. The molecule has 27 heavy (non-hydrogen) atoms. The summed E-state index contributed by atoms with van der Waals surface area (Å²) in [4.78, 5) is 12.7. The smallest absolute Gasteiger partial charge is 0.251 e. The van der Waals surface area contributed by atoms with E-state index in [4.69, 9.17) is 0 Å². The lowest BCUT2D eigenvalue weighted by molar-refractivity contribution is 0.0950. The number of nitrogens with one attached hydrogen (secondary N) is 1. The van der Waals surface area contributed by atoms with Gasteiger partial charge in [-0.2, -0.15) is 4.31 Å². The molecule has 0 unspecified atom stereocenters. The average molecular weight is 387 g/mol. The molecule has 6 heteroatoms. The first-order valence-electron chi connectivity index (χ1n) is 9.31. The fourth-order valence-corrected chi connectivity index (χ4v) is 4.98. The third kappa shape index (κ3) is 4.57. The van der Waals surface area contributed by atoms with Gasteiger partial charge in [-0.1, -0.05) is 43.3 Å². The predicted octanol–water partition coefficient (Wildman–Crippen LogP) is 3.35. The molecular formula is C21H26N2O3S. The van der Waals surface area contributed by atoms with Crippen LogP contribution in [-0.2, 0) is 16.6 Å². The molecule has 2 aromatic carbocycles. The number of hydrogen-bond acceptors (Lipinski definition) is 3. The number of hydrogen-bond donors (Lipinski definition) is 1. The van der Waals surface area contributed by atoms with Crippen molar-refractivity contribution in [2.24, 2.45) is 5.92 Å². The fraction of sp³-hybridized carbons (Fsp3) is 0.381. The van der Waals surface area contributed by atoms with Crippen LogP contribution in [-0.4, -0.2) is 31.7 Å². The highest BCUT2D eigenvalue weighted by molar-refractivity contribution is 7.89. The molecule has 0 saturated carbocycles. The summed E-state index contributed by atoms with van der Waals surface area (Å²) in [6, 6.07) is 14.5. The Balaban J connectivity index is 1.78. The van der Waals surface area contributed by atoms with E-state index in [2.05, 4.69) is 12.2 Å². The molecule has 0 radical (unpaired) electrons. The van der Waals surface area contributed by atoms with Gasteiger partial charge in [-0.25, -0.2) is 8.42 Å². The van der Waals surface area contributed by atoms with Gasteiger partial charge in [-0.3, -0.25) is 4.79 Å². The zero-order valence-electron chi connectivity index (χ0n) is 15.8. The van der Waals surface area contributed by atoms with Crippen molar-refractivity contribution >= 4 is 15.9 Å². The van der Waals surface area contributed by atoms with Crippen molar-refractivity contribution in [1.29, 1.82) is 0 Å². The Morgan fingerprint density at radius 2 is 1.78 bits per heavy atom. The molecule has 1 fully saturated rings. The summed E-state index contributed by atoms with van der Waals surface area (Å²) in [6.07, 6.45) is 1.74. The molecule has 1 heterocycles. The summed E-state index contributed by atoms with van der Waals surface area (Å²) in [7, 11) is -3.59. The van der Waals surface area contributed by atoms with Gasteiger partial charge in [0.15, 0.2) is 0 Å². The van der Waals surface area contributed by atoms with Crippen LogP contribution in [0.4, 0.5) is 0 Å². The predicted molar refractivity (Wildman–Crippen MR) is 106 cm³/mol. The minimum atomic E-state index is -3.59. The van der Waals surface area contributed by atoms with Gasteiger partial charge in [-0.05, 0) is 48.9 Å². The average Bonchev–Trinajstić information content (AvgIpc) is 2.67. The highest BCUT2D eigenvalue weighted by Gasteiger charge is 2.29. The monoisotopic (exact) mass is 386 g/mol. The van der Waals surface area contributed by atoms with Crippen LogP contribution in [0.25, 0.3) is 0 Å². The molecule has 0 aromatic heterocycles. The third-order valence-electron chi connectivity index (χ3n) is 5.11. The lowest BCUT2D eigenvalue weighted by Gasteiger charge is -2.30. The lowest BCUT2D eigenvalue weighted by Crippen LogP contribution is -2.38. The maximum absolute atomic E-state index is 13.1. The van der Waals surface area contributed by atoms with Crippen LogP contribution in [0.15, 0.2) is 53.4 Å². The Hall–Kier alpha value is -2.18. The molecular weight excluding hydrogens is 360 g/mol. The van der Waals surface area contributed by atoms with Crippen molar-refractivity contribution < 1.29 is 13.2 Å². The van der Waals surface area contributed by atoms with E-state index in [0.717, 1.165) is 18.4 Å². The minimum Gasteiger partial charge on any atom is -0.348 e. The number of benzene rings is 2. The van der Waals surface area contributed by atoms with E-state index in [1.807, 2.05) is 30.3 Å². The van der Waals surface area contributed by atoms with Gasteiger partial charge in [0, 0.05) is 25.2 Å². The molecule has 1 amide bonds. The molecule has 0 bridgehead atoms. The zero-order valence-corrected chi connectivity index (χ0v) is 16.6. The second-order valence-electron chi connectivity index (χ2n) is 7.24. The van der Waals surface area contributed by atoms with Gasteiger partial charge in [0.25, 0.3) is 5.91 Å². The van der Waals surface area contributed by atoms with E-state index < -0.39 is 10.0 Å². The maximum Gasteiger partial charge on any atom is 0.251 e. The van der Waals surface area contributed by atoms with Crippen molar-refractivity contribution in [1.82, 2.24) is 9.62 Å². The van der Waals surface area contributed by atoms with E-state index in [9.17, 15) is 13.2 Å². The number of nitrogens with zero attached hydrogens (tertiary/aromatic N) is 1. The highest BCUT2D eigenvalue weighted by Crippen LogP contribution is 2.26. The fourth-order valence-electron chi connectivity index (χ4n) is 3.26. The number of sulfonamides is 1. The molecule has 1 saturated heterocycles. The summed E-state index contributed by atoms with van der Waals surface area (Å²) in [5.41, 5.74) is 2.02. The van der Waals surface area contributed by atoms with Crippen LogP contribution in [0, 0.1) is 12.8 Å². The third-order valence-corrected chi connectivity index (χ3v) is 7.15. The van der Waals surface area contributed by atoms with E-state index in [1.165, 1.54) is 6.07 Å². The topological polar surface area (TPSA) is 66.5 Å². The zero-order chi connectivity index (χ0) is 19.4. The van der Waals surface area contributed by atoms with E-state index in [-0.39, 0.29) is 10.8 Å². The molecule has 2 aromatic rings. The first-order valence-corrected chi connectivity index (χ1v) is 10.7. The molecule has 0 spiro atoms. The van der Waals surface area contributed by atoms with Gasteiger partial charge >= 0.3 is 0 Å². The first kappa shape index (κ1) is 19.6. The Labute approximate surface area is 161 Å². The second kappa shape index (κ2) is 8.23. The number of amides is 1. The number of aryl methyl sites for hydroxylation is 1. The van der Waals surface area contributed by atoms with Gasteiger partial charge in [-0.15, -0.1) is 0 Å². The Kier molecular flexibility index (Phi) is 5.97. The van der Waals surface area contributed by atoms with E-state index in [1.54, 1.807) is 23.4 Å². The van der Waals surface area contributed by atoms with E-state index >= 15 is 0 Å². The van der Waals surface area contributed by atoms with Crippen LogP contribution in [0.3, 0.4) is 0 Å². The van der Waals surface area contributed by atoms with E-state index in [0.29, 0.717) is 36.7 Å². The molecule has 3 rings (SSSR count). The van der Waals surface area contributed by atoms with Crippen LogP contribution in [0.2, 0.25) is 0 Å². The number of carbonyl (C=O) groups is 1.